The topological polar surface area (TPSA) is 106 Å². The van der Waals surface area contributed by atoms with Gasteiger partial charge in [-0.15, -0.1) is 0 Å². The van der Waals surface area contributed by atoms with Crippen LogP contribution in [-0.4, -0.2) is 30.9 Å². The molecule has 0 N–H and O–H groups in total. The molecule has 0 unspecified atom stereocenters. The molecule has 0 aromatic heterocycles. The largest absolute Gasteiger partial charge is 0.490 e. The van der Waals surface area contributed by atoms with Crippen molar-refractivity contribution in [3.8, 4) is 17.2 Å². The molecule has 0 fully saturated rings. The number of rotatable bonds is 9. The zero-order valence-corrected chi connectivity index (χ0v) is 15.9. The van der Waals surface area contributed by atoms with E-state index in [9.17, 15) is 14.9 Å². The number of nitro benzene ring substituents is 1. The smallest absolute Gasteiger partial charge is 0.344 e. The highest BCUT2D eigenvalue weighted by Crippen LogP contribution is 2.33. The molecule has 1 aliphatic heterocycles. The Labute approximate surface area is 167 Å². The second-order valence-electron chi connectivity index (χ2n) is 6.21. The predicted octanol–water partition coefficient (Wildman–Crippen LogP) is 3.37. The minimum Gasteiger partial charge on any atom is -0.490 e. The van der Waals surface area contributed by atoms with Crippen LogP contribution in [0.2, 0.25) is 0 Å². The SMILES string of the molecule is CCCOc1ccccc1OCC(=O)OCc1cc([N+](=O)[O-])cc2c1OCOC2. The van der Waals surface area contributed by atoms with E-state index >= 15 is 0 Å². The van der Waals surface area contributed by atoms with E-state index in [-0.39, 0.29) is 32.3 Å². The summed E-state index contributed by atoms with van der Waals surface area (Å²) in [4.78, 5) is 22.7. The monoisotopic (exact) mass is 403 g/mol. The van der Waals surface area contributed by atoms with Crippen molar-refractivity contribution in [3.05, 3.63) is 57.6 Å². The molecule has 2 aromatic carbocycles. The maximum Gasteiger partial charge on any atom is 0.344 e. The number of ether oxygens (including phenoxy) is 5. The lowest BCUT2D eigenvalue weighted by molar-refractivity contribution is -0.385. The summed E-state index contributed by atoms with van der Waals surface area (Å²) in [5.74, 6) is 0.797. The van der Waals surface area contributed by atoms with E-state index in [4.69, 9.17) is 23.7 Å². The van der Waals surface area contributed by atoms with Gasteiger partial charge in [0.25, 0.3) is 5.69 Å². The summed E-state index contributed by atoms with van der Waals surface area (Å²) in [5.41, 5.74) is 0.814. The van der Waals surface area contributed by atoms with Crippen LogP contribution in [0.1, 0.15) is 24.5 Å². The van der Waals surface area contributed by atoms with Gasteiger partial charge in [0, 0.05) is 23.3 Å². The first-order chi connectivity index (χ1) is 14.1. The number of benzene rings is 2. The van der Waals surface area contributed by atoms with Crippen LogP contribution in [0, 0.1) is 10.1 Å². The van der Waals surface area contributed by atoms with Crippen molar-refractivity contribution < 1.29 is 33.4 Å². The number of carbonyl (C=O) groups excluding carboxylic acids is 1. The van der Waals surface area contributed by atoms with Crippen LogP contribution in [0.25, 0.3) is 0 Å². The third-order valence-electron chi connectivity index (χ3n) is 4.03. The molecule has 0 spiro atoms. The Morgan fingerprint density at radius 3 is 2.69 bits per heavy atom. The Morgan fingerprint density at radius 1 is 1.21 bits per heavy atom. The standard InChI is InChI=1S/C20H21NO8/c1-2-7-26-17-5-3-4-6-18(17)27-12-19(22)28-11-15-9-16(21(23)24)8-14-10-25-13-29-20(14)15/h3-6,8-9H,2,7,10-13H2,1H3. The zero-order chi connectivity index (χ0) is 20.6. The van der Waals surface area contributed by atoms with Gasteiger partial charge in [-0.25, -0.2) is 4.79 Å². The number of hydrogen-bond acceptors (Lipinski definition) is 8. The molecule has 29 heavy (non-hydrogen) atoms. The summed E-state index contributed by atoms with van der Waals surface area (Å²) in [5, 5.41) is 11.1. The van der Waals surface area contributed by atoms with Crippen LogP contribution >= 0.6 is 0 Å². The van der Waals surface area contributed by atoms with E-state index in [1.807, 2.05) is 13.0 Å². The molecule has 0 aliphatic carbocycles. The van der Waals surface area contributed by atoms with Crippen LogP contribution in [0.4, 0.5) is 5.69 Å². The van der Waals surface area contributed by atoms with Crippen LogP contribution < -0.4 is 14.2 Å². The maximum atomic E-state index is 12.1. The summed E-state index contributed by atoms with van der Waals surface area (Å²) in [6.07, 6.45) is 0.844. The molecule has 3 rings (SSSR count). The Bertz CT molecular complexity index is 883. The van der Waals surface area contributed by atoms with E-state index in [1.54, 1.807) is 18.2 Å². The average molecular weight is 403 g/mol. The van der Waals surface area contributed by atoms with E-state index in [0.717, 1.165) is 6.42 Å². The van der Waals surface area contributed by atoms with E-state index < -0.39 is 10.9 Å². The van der Waals surface area contributed by atoms with Crippen molar-refractivity contribution in [2.75, 3.05) is 20.0 Å². The van der Waals surface area contributed by atoms with E-state index in [1.165, 1.54) is 12.1 Å². The molecule has 0 bridgehead atoms. The Hall–Kier alpha value is -3.33. The zero-order valence-electron chi connectivity index (χ0n) is 15.9. The summed E-state index contributed by atoms with van der Waals surface area (Å²) >= 11 is 0. The Balaban J connectivity index is 1.61. The van der Waals surface area contributed by atoms with Gasteiger partial charge in [-0.3, -0.25) is 10.1 Å². The van der Waals surface area contributed by atoms with E-state index in [2.05, 4.69) is 0 Å². The van der Waals surface area contributed by atoms with Crippen LogP contribution in [0.3, 0.4) is 0 Å². The van der Waals surface area contributed by atoms with Gasteiger partial charge in [0.1, 0.15) is 12.4 Å². The molecule has 1 aliphatic rings. The molecule has 9 nitrogen and oxygen atoms in total. The van der Waals surface area contributed by atoms with Crippen molar-refractivity contribution in [2.24, 2.45) is 0 Å². The number of carbonyl (C=O) groups is 1. The normalized spacial score (nSPS) is 12.4. The number of nitrogens with zero attached hydrogens (tertiary/aromatic N) is 1. The molecule has 0 radical (unpaired) electrons. The number of hydrogen-bond donors (Lipinski definition) is 0. The molecule has 154 valence electrons. The predicted molar refractivity (Wildman–Crippen MR) is 101 cm³/mol. The highest BCUT2D eigenvalue weighted by molar-refractivity contribution is 5.71. The van der Waals surface area contributed by atoms with Crippen molar-refractivity contribution in [1.82, 2.24) is 0 Å². The number of nitro groups is 1. The Kier molecular flexibility index (Phi) is 6.85. The molecule has 0 saturated carbocycles. The minimum absolute atomic E-state index is 0.0312. The third-order valence-corrected chi connectivity index (χ3v) is 4.03. The quantitative estimate of drug-likeness (QED) is 0.356. The van der Waals surface area contributed by atoms with Gasteiger partial charge in [-0.05, 0) is 18.6 Å². The number of fused-ring (bicyclic) bond motifs is 1. The van der Waals surface area contributed by atoms with Gasteiger partial charge < -0.3 is 23.7 Å². The van der Waals surface area contributed by atoms with Crippen molar-refractivity contribution in [3.63, 3.8) is 0 Å². The third kappa shape index (κ3) is 5.35. The molecule has 2 aromatic rings. The van der Waals surface area contributed by atoms with Crippen molar-refractivity contribution in [2.45, 2.75) is 26.6 Å². The van der Waals surface area contributed by atoms with Gasteiger partial charge >= 0.3 is 5.97 Å². The first kappa shape index (κ1) is 20.4. The lowest BCUT2D eigenvalue weighted by Crippen LogP contribution is -2.17. The van der Waals surface area contributed by atoms with Gasteiger partial charge in [-0.1, -0.05) is 19.1 Å². The highest BCUT2D eigenvalue weighted by atomic mass is 16.7. The molecular formula is C20H21NO8. The van der Waals surface area contributed by atoms with Gasteiger partial charge in [-0.2, -0.15) is 0 Å². The minimum atomic E-state index is -0.623. The molecular weight excluding hydrogens is 382 g/mol. The number of para-hydroxylation sites is 2. The lowest BCUT2D eigenvalue weighted by atomic mass is 10.1. The summed E-state index contributed by atoms with van der Waals surface area (Å²) in [6, 6.07) is 9.75. The molecule has 0 amide bonds. The van der Waals surface area contributed by atoms with Crippen molar-refractivity contribution in [1.29, 1.82) is 0 Å². The van der Waals surface area contributed by atoms with Gasteiger partial charge in [0.05, 0.1) is 18.1 Å². The van der Waals surface area contributed by atoms with Crippen LogP contribution in [0.5, 0.6) is 17.2 Å². The van der Waals surface area contributed by atoms with Crippen molar-refractivity contribution >= 4 is 11.7 Å². The van der Waals surface area contributed by atoms with Crippen LogP contribution in [-0.2, 0) is 27.5 Å². The number of non-ortho nitro benzene ring substituents is 1. The first-order valence-corrected chi connectivity index (χ1v) is 9.09. The molecule has 0 atom stereocenters. The number of esters is 1. The summed E-state index contributed by atoms with van der Waals surface area (Å²) in [6.45, 7) is 2.24. The second kappa shape index (κ2) is 9.74. The molecule has 0 saturated heterocycles. The second-order valence-corrected chi connectivity index (χ2v) is 6.21. The first-order valence-electron chi connectivity index (χ1n) is 9.09. The van der Waals surface area contributed by atoms with E-state index in [0.29, 0.717) is 35.0 Å². The maximum absolute atomic E-state index is 12.1. The lowest BCUT2D eigenvalue weighted by Gasteiger charge is -2.20. The fraction of sp³-hybridized carbons (Fsp3) is 0.350. The Morgan fingerprint density at radius 2 is 1.97 bits per heavy atom. The molecule has 9 heteroatoms. The summed E-state index contributed by atoms with van der Waals surface area (Å²) in [7, 11) is 0. The fourth-order valence-electron chi connectivity index (χ4n) is 2.73. The fourth-order valence-corrected chi connectivity index (χ4v) is 2.73. The van der Waals surface area contributed by atoms with Gasteiger partial charge in [0.15, 0.2) is 24.9 Å². The highest BCUT2D eigenvalue weighted by Gasteiger charge is 2.22. The average Bonchev–Trinajstić information content (AvgIpc) is 2.74. The molecule has 1 heterocycles. The van der Waals surface area contributed by atoms with Crippen LogP contribution in [0.15, 0.2) is 36.4 Å². The summed E-state index contributed by atoms with van der Waals surface area (Å²) < 4.78 is 26.9. The van der Waals surface area contributed by atoms with Gasteiger partial charge in [0.2, 0.25) is 0 Å².